The van der Waals surface area contributed by atoms with E-state index in [2.05, 4.69) is 42.7 Å². The van der Waals surface area contributed by atoms with Gasteiger partial charge in [-0.1, -0.05) is 65.0 Å². The molecule has 0 spiro atoms. The van der Waals surface area contributed by atoms with Crippen LogP contribution in [0.25, 0.3) is 0 Å². The zero-order chi connectivity index (χ0) is 37.7. The number of benzene rings is 2. The van der Waals surface area contributed by atoms with Crippen LogP contribution in [0.2, 0.25) is 0 Å². The molecule has 4 amide bonds. The number of nitrogens with one attached hydrogen (secondary N) is 3. The number of hydrogen-bond donors (Lipinski definition) is 3. The molecule has 0 radical (unpaired) electrons. The molecule has 2 saturated carbocycles. The van der Waals surface area contributed by atoms with Gasteiger partial charge in [-0.15, -0.1) is 6.58 Å². The van der Waals surface area contributed by atoms with Gasteiger partial charge in [0.05, 0.1) is 18.3 Å². The summed E-state index contributed by atoms with van der Waals surface area (Å²) >= 11 is 0. The molecule has 3 fully saturated rings. The lowest BCUT2D eigenvalue weighted by atomic mass is 9.87. The summed E-state index contributed by atoms with van der Waals surface area (Å²) in [5.41, 5.74) is 1.30. The fraction of sp³-hybridized carbons (Fsp3) is 0.526. The van der Waals surface area contributed by atoms with Gasteiger partial charge in [0, 0.05) is 30.1 Å². The number of sulfonamides is 1. The van der Waals surface area contributed by atoms with Crippen LogP contribution >= 0.6 is 0 Å². The average molecular weight is 738 g/mol. The summed E-state index contributed by atoms with van der Waals surface area (Å²) in [5.74, 6) is -3.10. The SMILES string of the molecule is C=CC1CC1(NC(=O)[C@@H]1C[C@@H](OC(=O)N2Cc3cccc(F)c3C2)CN1C(=O)[C@@H](Nc1ccc(C(C)(C)C)cc1)C(C)C)C(=O)NS(=O)(=O)C1CC1. The van der Waals surface area contributed by atoms with Crippen molar-refractivity contribution in [1.29, 1.82) is 0 Å². The normalized spacial score (nSPS) is 24.6. The van der Waals surface area contributed by atoms with E-state index in [1.54, 1.807) is 12.1 Å². The largest absolute Gasteiger partial charge is 0.444 e. The molecular formula is C38H48FN5O7S. The molecule has 0 bridgehead atoms. The number of fused-ring (bicyclic) bond motifs is 1. The molecular weight excluding hydrogens is 690 g/mol. The standard InChI is InChI=1S/C38H48FN5O7S/c1-7-24-18-38(24,35(47)42-52(49,50)28-15-16-28)41-33(45)31-17-27(51-36(48)43-19-23-9-8-10-30(39)29(23)21-43)20-44(31)34(46)32(22(2)3)40-26-13-11-25(12-14-26)37(4,5)6/h7-14,22,24,27-28,31-32,40H,1,15-21H2,2-6H3,(H,41,45)(H,42,47)/t24?,27-,31+,32+,38?/m1/s1. The summed E-state index contributed by atoms with van der Waals surface area (Å²) in [4.78, 5) is 58.1. The van der Waals surface area contributed by atoms with Crippen molar-refractivity contribution in [2.24, 2.45) is 11.8 Å². The minimum Gasteiger partial charge on any atom is -0.444 e. The molecule has 6 rings (SSSR count). The third-order valence-electron chi connectivity index (χ3n) is 10.6. The minimum atomic E-state index is -3.90. The number of rotatable bonds is 11. The molecule has 1 saturated heterocycles. The van der Waals surface area contributed by atoms with Crippen LogP contribution in [-0.4, -0.2) is 77.6 Å². The fourth-order valence-corrected chi connectivity index (χ4v) is 8.42. The van der Waals surface area contributed by atoms with Gasteiger partial charge in [0.15, 0.2) is 0 Å². The second-order valence-corrected chi connectivity index (χ2v) is 17.8. The van der Waals surface area contributed by atoms with Crippen molar-refractivity contribution in [3.05, 3.63) is 77.6 Å². The first kappa shape index (κ1) is 37.3. The second-order valence-electron chi connectivity index (χ2n) is 15.9. The van der Waals surface area contributed by atoms with Crippen LogP contribution in [0.1, 0.15) is 77.0 Å². The van der Waals surface area contributed by atoms with Gasteiger partial charge in [0.1, 0.15) is 29.5 Å². The van der Waals surface area contributed by atoms with Crippen LogP contribution in [0, 0.1) is 17.7 Å². The van der Waals surface area contributed by atoms with Crippen LogP contribution < -0.4 is 15.4 Å². The predicted octanol–water partition coefficient (Wildman–Crippen LogP) is 4.35. The predicted molar refractivity (Wildman–Crippen MR) is 193 cm³/mol. The van der Waals surface area contributed by atoms with E-state index < -0.39 is 74.5 Å². The van der Waals surface area contributed by atoms with Crippen molar-refractivity contribution in [1.82, 2.24) is 19.8 Å². The monoisotopic (exact) mass is 737 g/mol. The highest BCUT2D eigenvalue weighted by atomic mass is 32.2. The molecule has 2 aromatic carbocycles. The van der Waals surface area contributed by atoms with E-state index >= 15 is 0 Å². The Balaban J connectivity index is 1.23. The Kier molecular flexibility index (Phi) is 9.92. The van der Waals surface area contributed by atoms with Crippen molar-refractivity contribution < 1.29 is 36.7 Å². The Hall–Kier alpha value is -4.46. The van der Waals surface area contributed by atoms with E-state index in [0.717, 1.165) is 5.56 Å². The lowest BCUT2D eigenvalue weighted by Crippen LogP contribution is -2.58. The van der Waals surface area contributed by atoms with Crippen LogP contribution in [0.3, 0.4) is 0 Å². The molecule has 280 valence electrons. The third kappa shape index (κ3) is 7.53. The molecule has 4 aliphatic rings. The van der Waals surface area contributed by atoms with Crippen molar-refractivity contribution in [3.8, 4) is 0 Å². The maximum atomic E-state index is 14.4. The Morgan fingerprint density at radius 2 is 1.75 bits per heavy atom. The maximum Gasteiger partial charge on any atom is 0.410 e. The Labute approximate surface area is 304 Å². The van der Waals surface area contributed by atoms with Crippen molar-refractivity contribution in [3.63, 3.8) is 0 Å². The number of likely N-dealkylation sites (tertiary alicyclic amines) is 1. The molecule has 2 unspecified atom stereocenters. The first-order valence-electron chi connectivity index (χ1n) is 17.8. The number of ether oxygens (including phenoxy) is 1. The number of halogens is 1. The molecule has 14 heteroatoms. The minimum absolute atomic E-state index is 0.0256. The van der Waals surface area contributed by atoms with Gasteiger partial charge < -0.3 is 20.3 Å². The Morgan fingerprint density at radius 3 is 2.33 bits per heavy atom. The molecule has 12 nitrogen and oxygen atoms in total. The highest BCUT2D eigenvalue weighted by molar-refractivity contribution is 7.91. The van der Waals surface area contributed by atoms with Crippen LogP contribution in [0.15, 0.2) is 55.1 Å². The number of hydrogen-bond acceptors (Lipinski definition) is 8. The van der Waals surface area contributed by atoms with E-state index in [1.807, 2.05) is 38.1 Å². The van der Waals surface area contributed by atoms with Crippen molar-refractivity contribution in [2.75, 3.05) is 11.9 Å². The van der Waals surface area contributed by atoms with Crippen molar-refractivity contribution >= 4 is 39.5 Å². The third-order valence-corrected chi connectivity index (χ3v) is 12.4. The lowest BCUT2D eigenvalue weighted by Gasteiger charge is -2.32. The van der Waals surface area contributed by atoms with Crippen LogP contribution in [-0.2, 0) is 47.6 Å². The number of carbonyl (C=O) groups excluding carboxylic acids is 4. The highest BCUT2D eigenvalue weighted by Crippen LogP contribution is 2.45. The lowest BCUT2D eigenvalue weighted by molar-refractivity contribution is -0.140. The molecule has 2 aliphatic carbocycles. The number of nitrogens with zero attached hydrogens (tertiary/aromatic N) is 2. The highest BCUT2D eigenvalue weighted by Gasteiger charge is 2.62. The van der Waals surface area contributed by atoms with E-state index in [9.17, 15) is 32.0 Å². The quantitative estimate of drug-likeness (QED) is 0.288. The van der Waals surface area contributed by atoms with E-state index in [1.165, 1.54) is 21.9 Å². The van der Waals surface area contributed by atoms with Crippen LogP contribution in [0.5, 0.6) is 0 Å². The van der Waals surface area contributed by atoms with Gasteiger partial charge in [-0.3, -0.25) is 24.0 Å². The molecule has 52 heavy (non-hydrogen) atoms. The Morgan fingerprint density at radius 1 is 1.06 bits per heavy atom. The summed E-state index contributed by atoms with van der Waals surface area (Å²) in [6.45, 7) is 13.9. The Bertz CT molecular complexity index is 1870. The smallest absolute Gasteiger partial charge is 0.410 e. The number of anilines is 1. The molecule has 3 N–H and O–H groups in total. The molecule has 2 aliphatic heterocycles. The first-order chi connectivity index (χ1) is 24.4. The van der Waals surface area contributed by atoms with Gasteiger partial charge in [-0.05, 0) is 59.9 Å². The van der Waals surface area contributed by atoms with Crippen LogP contribution in [0.4, 0.5) is 14.9 Å². The maximum absolute atomic E-state index is 14.4. The topological polar surface area (TPSA) is 154 Å². The first-order valence-corrected chi connectivity index (χ1v) is 19.4. The van der Waals surface area contributed by atoms with Crippen molar-refractivity contribution in [2.45, 2.75) is 108 Å². The zero-order valence-electron chi connectivity index (χ0n) is 30.3. The second kappa shape index (κ2) is 13.8. The molecule has 0 aromatic heterocycles. The van der Waals surface area contributed by atoms with Gasteiger partial charge in [0.25, 0.3) is 5.91 Å². The number of carbonyl (C=O) groups is 4. The summed E-state index contributed by atoms with van der Waals surface area (Å²) in [6.07, 6.45) is 0.871. The summed E-state index contributed by atoms with van der Waals surface area (Å²) < 4.78 is 47.7. The van der Waals surface area contributed by atoms with E-state index in [4.69, 9.17) is 4.74 Å². The van der Waals surface area contributed by atoms with Gasteiger partial charge in [-0.25, -0.2) is 17.6 Å². The van der Waals surface area contributed by atoms with Gasteiger partial charge in [-0.2, -0.15) is 0 Å². The van der Waals surface area contributed by atoms with E-state index in [0.29, 0.717) is 29.7 Å². The van der Waals surface area contributed by atoms with Gasteiger partial charge in [0.2, 0.25) is 21.8 Å². The average Bonchev–Trinajstić information content (AvgIpc) is 3.97. The molecule has 5 atom stereocenters. The molecule has 2 heterocycles. The van der Waals surface area contributed by atoms with Gasteiger partial charge >= 0.3 is 6.09 Å². The van der Waals surface area contributed by atoms with E-state index in [-0.39, 0.29) is 43.8 Å². The number of amides is 4. The fourth-order valence-electron chi connectivity index (χ4n) is 7.06. The summed E-state index contributed by atoms with van der Waals surface area (Å²) in [7, 11) is -3.90. The zero-order valence-corrected chi connectivity index (χ0v) is 31.1. The summed E-state index contributed by atoms with van der Waals surface area (Å²) in [6, 6.07) is 10.5. The molecule has 2 aromatic rings. The summed E-state index contributed by atoms with van der Waals surface area (Å²) in [5, 5.41) is 5.45.